The number of rotatable bonds is 4. The van der Waals surface area contributed by atoms with Crippen molar-refractivity contribution in [1.82, 2.24) is 0 Å². The van der Waals surface area contributed by atoms with Gasteiger partial charge in [-0.15, -0.1) is 0 Å². The third-order valence-corrected chi connectivity index (χ3v) is 5.22. The molecule has 0 aliphatic heterocycles. The summed E-state index contributed by atoms with van der Waals surface area (Å²) < 4.78 is 12.6. The van der Waals surface area contributed by atoms with Gasteiger partial charge in [-0.2, -0.15) is 0 Å². The number of hydrogen-bond acceptors (Lipinski definition) is 3. The van der Waals surface area contributed by atoms with Crippen molar-refractivity contribution in [3.63, 3.8) is 0 Å². The Hall–Kier alpha value is -0.740. The Kier molecular flexibility index (Phi) is 3.95. The summed E-state index contributed by atoms with van der Waals surface area (Å²) >= 11 is 3.59. The third-order valence-electron chi connectivity index (χ3n) is 4.63. The summed E-state index contributed by atoms with van der Waals surface area (Å²) in [6.45, 7) is 0. The molecule has 1 aromatic carbocycles. The molecule has 2 aliphatic carbocycles. The number of nitrogens with two attached hydrogens (primary N) is 1. The van der Waals surface area contributed by atoms with Crippen LogP contribution in [0.2, 0.25) is 0 Å². The van der Waals surface area contributed by atoms with Gasteiger partial charge in [0.1, 0.15) is 0 Å². The van der Waals surface area contributed by atoms with Gasteiger partial charge in [-0.05, 0) is 78.6 Å². The Morgan fingerprint density at radius 2 is 1.90 bits per heavy atom. The maximum atomic E-state index is 6.44. The molecule has 110 valence electrons. The first-order valence-corrected chi connectivity index (χ1v) is 8.25. The van der Waals surface area contributed by atoms with E-state index in [2.05, 4.69) is 28.1 Å². The lowest BCUT2D eigenvalue weighted by molar-refractivity contribution is 0.198. The zero-order chi connectivity index (χ0) is 14.2. The molecule has 2 aliphatic rings. The van der Waals surface area contributed by atoms with Gasteiger partial charge in [0.25, 0.3) is 0 Å². The second kappa shape index (κ2) is 5.57. The predicted octanol–water partition coefficient (Wildman–Crippen LogP) is 4.12. The normalized spacial score (nSPS) is 21.6. The summed E-state index contributed by atoms with van der Waals surface area (Å²) in [7, 11) is 1.68. The summed E-state index contributed by atoms with van der Waals surface area (Å²) in [6.07, 6.45) is 8.42. The molecular formula is C16H22BrNO2. The van der Waals surface area contributed by atoms with Gasteiger partial charge in [-0.1, -0.05) is 0 Å². The maximum absolute atomic E-state index is 6.44. The fourth-order valence-electron chi connectivity index (χ4n) is 3.17. The van der Waals surface area contributed by atoms with Gasteiger partial charge in [0.05, 0.1) is 17.7 Å². The van der Waals surface area contributed by atoms with E-state index in [1.807, 2.05) is 0 Å². The first-order chi connectivity index (χ1) is 9.62. The van der Waals surface area contributed by atoms with Gasteiger partial charge in [-0.3, -0.25) is 0 Å². The van der Waals surface area contributed by atoms with Crippen LogP contribution in [0.3, 0.4) is 0 Å². The average Bonchev–Trinajstić information content (AvgIpc) is 2.88. The molecule has 0 atom stereocenters. The molecule has 0 heterocycles. The van der Waals surface area contributed by atoms with Crippen LogP contribution < -0.4 is 15.2 Å². The summed E-state index contributed by atoms with van der Waals surface area (Å²) in [5.74, 6) is 1.61. The highest BCUT2D eigenvalue weighted by Gasteiger charge is 2.35. The van der Waals surface area contributed by atoms with Crippen molar-refractivity contribution in [2.24, 2.45) is 5.73 Å². The van der Waals surface area contributed by atoms with Crippen molar-refractivity contribution < 1.29 is 9.47 Å². The van der Waals surface area contributed by atoms with E-state index in [1.165, 1.54) is 19.3 Å². The summed E-state index contributed by atoms with van der Waals surface area (Å²) in [5.41, 5.74) is 7.42. The highest BCUT2D eigenvalue weighted by Crippen LogP contribution is 2.45. The van der Waals surface area contributed by atoms with Crippen molar-refractivity contribution in [2.45, 2.75) is 56.6 Å². The molecule has 2 saturated carbocycles. The van der Waals surface area contributed by atoms with Gasteiger partial charge in [0.2, 0.25) is 0 Å². The zero-order valence-electron chi connectivity index (χ0n) is 12.0. The Balaban J connectivity index is 1.92. The Bertz CT molecular complexity index is 493. The molecule has 3 rings (SSSR count). The Morgan fingerprint density at radius 1 is 1.20 bits per heavy atom. The van der Waals surface area contributed by atoms with Crippen LogP contribution in [-0.4, -0.2) is 13.2 Å². The van der Waals surface area contributed by atoms with Crippen molar-refractivity contribution in [3.8, 4) is 11.5 Å². The molecule has 3 nitrogen and oxygen atoms in total. The van der Waals surface area contributed by atoms with Gasteiger partial charge in [0.15, 0.2) is 11.5 Å². The van der Waals surface area contributed by atoms with Crippen molar-refractivity contribution in [2.75, 3.05) is 7.11 Å². The minimum absolute atomic E-state index is 0.178. The molecular weight excluding hydrogens is 318 g/mol. The van der Waals surface area contributed by atoms with Crippen LogP contribution >= 0.6 is 15.9 Å². The van der Waals surface area contributed by atoms with Crippen LogP contribution in [0.1, 0.15) is 50.5 Å². The van der Waals surface area contributed by atoms with E-state index in [4.69, 9.17) is 15.2 Å². The fourth-order valence-corrected chi connectivity index (χ4v) is 3.78. The number of benzene rings is 1. The highest BCUT2D eigenvalue weighted by atomic mass is 79.9. The largest absolute Gasteiger partial charge is 0.492 e. The lowest BCUT2D eigenvalue weighted by Gasteiger charge is -2.39. The van der Waals surface area contributed by atoms with E-state index in [1.54, 1.807) is 7.11 Å². The van der Waals surface area contributed by atoms with Gasteiger partial charge in [0, 0.05) is 5.54 Å². The fraction of sp³-hybridized carbons (Fsp3) is 0.625. The zero-order valence-corrected chi connectivity index (χ0v) is 13.5. The minimum atomic E-state index is -0.178. The van der Waals surface area contributed by atoms with Gasteiger partial charge < -0.3 is 15.2 Å². The van der Waals surface area contributed by atoms with Crippen LogP contribution in [0, 0.1) is 0 Å². The van der Waals surface area contributed by atoms with Crippen LogP contribution in [0.4, 0.5) is 0 Å². The minimum Gasteiger partial charge on any atom is -0.492 e. The molecule has 0 aromatic heterocycles. The van der Waals surface area contributed by atoms with E-state index in [-0.39, 0.29) is 5.54 Å². The van der Waals surface area contributed by atoms with E-state index >= 15 is 0 Å². The van der Waals surface area contributed by atoms with Crippen LogP contribution in [0.15, 0.2) is 16.6 Å². The lowest BCUT2D eigenvalue weighted by atomic mass is 9.73. The van der Waals surface area contributed by atoms with E-state index in [0.717, 1.165) is 47.2 Å². The number of halogens is 1. The van der Waals surface area contributed by atoms with Crippen LogP contribution in [-0.2, 0) is 5.54 Å². The third kappa shape index (κ3) is 2.56. The monoisotopic (exact) mass is 339 g/mol. The van der Waals surface area contributed by atoms with Crippen LogP contribution in [0.5, 0.6) is 11.5 Å². The SMILES string of the molecule is COc1c(Br)cc(C2(N)CCC2)cc1OC1CCCC1. The van der Waals surface area contributed by atoms with E-state index in [0.29, 0.717) is 6.10 Å². The van der Waals surface area contributed by atoms with Crippen molar-refractivity contribution >= 4 is 15.9 Å². The second-order valence-electron chi connectivity index (χ2n) is 6.02. The molecule has 0 saturated heterocycles. The second-order valence-corrected chi connectivity index (χ2v) is 6.88. The Morgan fingerprint density at radius 3 is 2.45 bits per heavy atom. The first kappa shape index (κ1) is 14.2. The molecule has 0 bridgehead atoms. The van der Waals surface area contributed by atoms with Crippen molar-refractivity contribution in [3.05, 3.63) is 22.2 Å². The van der Waals surface area contributed by atoms with Gasteiger partial charge >= 0.3 is 0 Å². The number of ether oxygens (including phenoxy) is 2. The summed E-state index contributed by atoms with van der Waals surface area (Å²) in [5, 5.41) is 0. The number of methoxy groups -OCH3 is 1. The maximum Gasteiger partial charge on any atom is 0.174 e. The molecule has 2 N–H and O–H groups in total. The quantitative estimate of drug-likeness (QED) is 0.897. The molecule has 0 unspecified atom stereocenters. The predicted molar refractivity (Wildman–Crippen MR) is 83.3 cm³/mol. The molecule has 4 heteroatoms. The highest BCUT2D eigenvalue weighted by molar-refractivity contribution is 9.10. The molecule has 20 heavy (non-hydrogen) atoms. The van der Waals surface area contributed by atoms with Crippen molar-refractivity contribution in [1.29, 1.82) is 0 Å². The molecule has 0 spiro atoms. The van der Waals surface area contributed by atoms with E-state index < -0.39 is 0 Å². The Labute approximate surface area is 129 Å². The van der Waals surface area contributed by atoms with E-state index in [9.17, 15) is 0 Å². The first-order valence-electron chi connectivity index (χ1n) is 7.46. The topological polar surface area (TPSA) is 44.5 Å². The molecule has 1 aromatic rings. The summed E-state index contributed by atoms with van der Waals surface area (Å²) in [4.78, 5) is 0. The molecule has 2 fully saturated rings. The number of hydrogen-bond donors (Lipinski definition) is 1. The molecule has 0 amide bonds. The standard InChI is InChI=1S/C16H22BrNO2/c1-19-15-13(17)9-11(16(18)7-4-8-16)10-14(15)20-12-5-2-3-6-12/h9-10,12H,2-8,18H2,1H3. The summed E-state index contributed by atoms with van der Waals surface area (Å²) in [6, 6.07) is 4.17. The lowest BCUT2D eigenvalue weighted by Crippen LogP contribution is -2.43. The molecule has 0 radical (unpaired) electrons. The average molecular weight is 340 g/mol. The van der Waals surface area contributed by atoms with Gasteiger partial charge in [-0.25, -0.2) is 0 Å². The van der Waals surface area contributed by atoms with Crippen LogP contribution in [0.25, 0.3) is 0 Å². The smallest absolute Gasteiger partial charge is 0.174 e.